The lowest BCUT2D eigenvalue weighted by molar-refractivity contribution is -0.161. The highest BCUT2D eigenvalue weighted by molar-refractivity contribution is 7.47. The van der Waals surface area contributed by atoms with E-state index >= 15 is 0 Å². The van der Waals surface area contributed by atoms with E-state index in [1.807, 2.05) is 0 Å². The van der Waals surface area contributed by atoms with Crippen molar-refractivity contribution in [3.05, 3.63) is 0 Å². The van der Waals surface area contributed by atoms with Crippen LogP contribution in [0.5, 0.6) is 0 Å². The van der Waals surface area contributed by atoms with Gasteiger partial charge in [-0.2, -0.15) is 0 Å². The number of aliphatic hydroxyl groups is 1. The molecule has 0 saturated heterocycles. The number of hydrogen-bond donors (Lipinski definition) is 3. The summed E-state index contributed by atoms with van der Waals surface area (Å²) in [6.07, 6.45) is 33.9. The lowest BCUT2D eigenvalue weighted by Gasteiger charge is -2.21. The molecule has 3 N–H and O–H groups in total. The van der Waals surface area contributed by atoms with Crippen molar-refractivity contribution in [2.75, 3.05) is 39.6 Å². The van der Waals surface area contributed by atoms with Crippen LogP contribution in [0.4, 0.5) is 0 Å². The Morgan fingerprint density at radius 2 is 0.582 bits per heavy atom. The highest BCUT2D eigenvalue weighted by Crippen LogP contribution is 2.45. The van der Waals surface area contributed by atoms with Gasteiger partial charge >= 0.3 is 39.5 Å². The van der Waals surface area contributed by atoms with Crippen molar-refractivity contribution in [1.29, 1.82) is 0 Å². The van der Waals surface area contributed by atoms with Gasteiger partial charge in [-0.3, -0.25) is 37.3 Å². The third-order valence-electron chi connectivity index (χ3n) is 13.7. The third-order valence-corrected chi connectivity index (χ3v) is 15.6. The molecule has 0 aliphatic carbocycles. The van der Waals surface area contributed by atoms with Crippen LogP contribution in [0.15, 0.2) is 0 Å². The van der Waals surface area contributed by atoms with Gasteiger partial charge in [0.25, 0.3) is 0 Å². The van der Waals surface area contributed by atoms with Crippen LogP contribution < -0.4 is 0 Å². The average Bonchev–Trinajstić information content (AvgIpc) is 3.40. The zero-order chi connectivity index (χ0) is 58.7. The van der Waals surface area contributed by atoms with E-state index in [9.17, 15) is 43.2 Å². The summed E-state index contributed by atoms with van der Waals surface area (Å²) in [4.78, 5) is 71.7. The number of unbranched alkanes of at least 4 members (excludes halogenated alkanes) is 29. The van der Waals surface area contributed by atoms with E-state index in [0.29, 0.717) is 31.6 Å². The number of phosphoric ester groups is 2. The van der Waals surface area contributed by atoms with Gasteiger partial charge in [0, 0.05) is 25.7 Å². The maximum Gasteiger partial charge on any atom is 0.472 e. The second kappa shape index (κ2) is 52.8. The van der Waals surface area contributed by atoms with Gasteiger partial charge in [-0.1, -0.05) is 241 Å². The predicted molar refractivity (Wildman–Crippen MR) is 312 cm³/mol. The van der Waals surface area contributed by atoms with E-state index in [0.717, 1.165) is 102 Å². The molecule has 0 spiro atoms. The smallest absolute Gasteiger partial charge is 0.462 e. The summed E-state index contributed by atoms with van der Waals surface area (Å²) in [6, 6.07) is 0. The van der Waals surface area contributed by atoms with E-state index in [2.05, 4.69) is 41.5 Å². The Morgan fingerprint density at radius 1 is 0.342 bits per heavy atom. The van der Waals surface area contributed by atoms with Crippen LogP contribution in [-0.4, -0.2) is 96.7 Å². The van der Waals surface area contributed by atoms with Crippen LogP contribution in [0.2, 0.25) is 0 Å². The summed E-state index contributed by atoms with van der Waals surface area (Å²) in [7, 11) is -9.87. The molecule has 0 aliphatic rings. The Labute approximate surface area is 479 Å². The van der Waals surface area contributed by atoms with Crippen molar-refractivity contribution < 1.29 is 80.2 Å². The number of rotatable bonds is 59. The zero-order valence-corrected chi connectivity index (χ0v) is 52.4. The van der Waals surface area contributed by atoms with Crippen LogP contribution in [0, 0.1) is 11.8 Å². The summed E-state index contributed by atoms with van der Waals surface area (Å²) in [5, 5.41) is 10.5. The first-order chi connectivity index (χ1) is 37.9. The summed E-state index contributed by atoms with van der Waals surface area (Å²) in [6.45, 7) is 9.28. The molecule has 0 aliphatic heterocycles. The van der Waals surface area contributed by atoms with E-state index in [-0.39, 0.29) is 25.7 Å². The molecule has 0 rings (SSSR count). The van der Waals surface area contributed by atoms with Crippen molar-refractivity contribution in [3.8, 4) is 0 Å². The molecule has 79 heavy (non-hydrogen) atoms. The minimum absolute atomic E-state index is 0.101. The van der Waals surface area contributed by atoms with E-state index in [1.165, 1.54) is 103 Å². The number of phosphoric acid groups is 2. The molecule has 0 amide bonds. The predicted octanol–water partition coefficient (Wildman–Crippen LogP) is 16.1. The first-order valence-electron chi connectivity index (χ1n) is 31.5. The number of aliphatic hydroxyl groups excluding tert-OH is 1. The van der Waals surface area contributed by atoms with Gasteiger partial charge in [0.2, 0.25) is 0 Å². The second-order valence-electron chi connectivity index (χ2n) is 22.7. The van der Waals surface area contributed by atoms with Gasteiger partial charge in [0.05, 0.1) is 26.4 Å². The Kier molecular flexibility index (Phi) is 51.5. The maximum absolute atomic E-state index is 12.9. The standard InChI is InChI=1S/C60H116O17P2/c1-7-9-11-13-14-15-21-24-31-37-43-58(63)71-49-56(76-59(64)44-38-32-25-22-19-17-16-18-20-23-29-34-40-52(3)4)51-75-79(68,69)73-47-54(61)46-72-78(66,67)74-50-55(48-70-57(62)42-36-28-12-10-8-2)77-60(65)45-39-33-27-26-30-35-41-53(5)6/h52-56,61H,7-51H2,1-6H3,(H,66,67)(H,68,69)/t54-,55+,56+/m0/s1. The van der Waals surface area contributed by atoms with Gasteiger partial charge in [-0.15, -0.1) is 0 Å². The molecule has 0 saturated carbocycles. The average molecular weight is 1170 g/mol. The summed E-state index contributed by atoms with van der Waals surface area (Å²) in [5.41, 5.74) is 0. The maximum atomic E-state index is 12.9. The number of carbonyl (C=O) groups excluding carboxylic acids is 4. The monoisotopic (exact) mass is 1170 g/mol. The van der Waals surface area contributed by atoms with Gasteiger partial charge in [0.15, 0.2) is 12.2 Å². The fourth-order valence-electron chi connectivity index (χ4n) is 8.82. The fraction of sp³-hybridized carbons (Fsp3) is 0.933. The van der Waals surface area contributed by atoms with Crippen LogP contribution in [0.3, 0.4) is 0 Å². The van der Waals surface area contributed by atoms with Crippen molar-refractivity contribution >= 4 is 39.5 Å². The van der Waals surface area contributed by atoms with Gasteiger partial charge in [-0.05, 0) is 37.5 Å². The molecule has 0 aromatic rings. The minimum atomic E-state index is -4.94. The molecular weight excluding hydrogens is 1050 g/mol. The van der Waals surface area contributed by atoms with Crippen molar-refractivity contribution in [2.45, 2.75) is 310 Å². The molecule has 0 fully saturated rings. The zero-order valence-electron chi connectivity index (χ0n) is 50.7. The molecule has 0 aromatic carbocycles. The molecule has 0 bridgehead atoms. The highest BCUT2D eigenvalue weighted by Gasteiger charge is 2.30. The normalized spacial score (nSPS) is 14.4. The quantitative estimate of drug-likeness (QED) is 0.0222. The molecule has 17 nitrogen and oxygen atoms in total. The SMILES string of the molecule is CCCCCCCCCCCCC(=O)OC[C@H](COP(=O)(O)OC[C@@H](O)COP(=O)(O)OC[C@@H](COC(=O)CCCCCCC)OC(=O)CCCCCCCCC(C)C)OC(=O)CCCCCCCCCCCCCCC(C)C. The van der Waals surface area contributed by atoms with Gasteiger partial charge in [0.1, 0.15) is 19.3 Å². The molecule has 19 heteroatoms. The van der Waals surface area contributed by atoms with E-state index in [1.54, 1.807) is 0 Å². The topological polar surface area (TPSA) is 237 Å². The van der Waals surface area contributed by atoms with Crippen LogP contribution in [0.1, 0.15) is 292 Å². The van der Waals surface area contributed by atoms with Crippen molar-refractivity contribution in [1.82, 2.24) is 0 Å². The molecule has 0 aromatic heterocycles. The van der Waals surface area contributed by atoms with Crippen molar-refractivity contribution in [2.24, 2.45) is 11.8 Å². The van der Waals surface area contributed by atoms with E-state index < -0.39 is 97.5 Å². The first kappa shape index (κ1) is 77.1. The van der Waals surface area contributed by atoms with Crippen LogP contribution in [0.25, 0.3) is 0 Å². The minimum Gasteiger partial charge on any atom is -0.462 e. The highest BCUT2D eigenvalue weighted by atomic mass is 31.2. The molecule has 0 heterocycles. The van der Waals surface area contributed by atoms with Crippen LogP contribution >= 0.6 is 15.6 Å². The Morgan fingerprint density at radius 3 is 0.861 bits per heavy atom. The molecule has 0 radical (unpaired) electrons. The van der Waals surface area contributed by atoms with Gasteiger partial charge < -0.3 is 33.8 Å². The lowest BCUT2D eigenvalue weighted by Crippen LogP contribution is -2.30. The fourth-order valence-corrected chi connectivity index (χ4v) is 10.4. The molecule has 5 atom stereocenters. The number of carbonyl (C=O) groups is 4. The summed E-state index contributed by atoms with van der Waals surface area (Å²) >= 11 is 0. The second-order valence-corrected chi connectivity index (χ2v) is 25.6. The molecule has 2 unspecified atom stereocenters. The number of esters is 4. The molecular formula is C60H116O17P2. The molecule has 468 valence electrons. The number of ether oxygens (including phenoxy) is 4. The van der Waals surface area contributed by atoms with E-state index in [4.69, 9.17) is 37.0 Å². The van der Waals surface area contributed by atoms with Crippen molar-refractivity contribution in [3.63, 3.8) is 0 Å². The lowest BCUT2D eigenvalue weighted by atomic mass is 10.0. The summed E-state index contributed by atoms with van der Waals surface area (Å²) in [5.74, 6) is -0.707. The Bertz CT molecular complexity index is 1560. The Balaban J connectivity index is 5.17. The number of hydrogen-bond acceptors (Lipinski definition) is 15. The Hall–Kier alpha value is -1.94. The third kappa shape index (κ3) is 55.0. The van der Waals surface area contributed by atoms with Gasteiger partial charge in [-0.25, -0.2) is 9.13 Å². The first-order valence-corrected chi connectivity index (χ1v) is 34.5. The summed E-state index contributed by atoms with van der Waals surface area (Å²) < 4.78 is 67.6. The largest absolute Gasteiger partial charge is 0.472 e. The van der Waals surface area contributed by atoms with Crippen LogP contribution in [-0.2, 0) is 65.4 Å².